The lowest BCUT2D eigenvalue weighted by Crippen LogP contribution is -2.47. The minimum absolute atomic E-state index is 0.197. The molecule has 2 atom stereocenters. The second-order valence-corrected chi connectivity index (χ2v) is 7.04. The molecule has 0 bridgehead atoms. The first-order valence-electron chi connectivity index (χ1n) is 7.47. The van der Waals surface area contributed by atoms with E-state index in [1.807, 2.05) is 11.8 Å². The van der Waals surface area contributed by atoms with Crippen molar-refractivity contribution in [1.29, 1.82) is 0 Å². The Kier molecular flexibility index (Phi) is 5.98. The number of nitrogens with zero attached hydrogens (tertiary/aromatic N) is 1. The van der Waals surface area contributed by atoms with Gasteiger partial charge < -0.3 is 11.1 Å². The van der Waals surface area contributed by atoms with Crippen LogP contribution in [0.5, 0.6) is 0 Å². The highest BCUT2D eigenvalue weighted by Crippen LogP contribution is 2.26. The van der Waals surface area contributed by atoms with Gasteiger partial charge in [-0.2, -0.15) is 11.8 Å². The molecule has 2 fully saturated rings. The fourth-order valence-corrected chi connectivity index (χ4v) is 3.90. The van der Waals surface area contributed by atoms with Crippen LogP contribution >= 0.6 is 11.8 Å². The summed E-state index contributed by atoms with van der Waals surface area (Å²) in [6.45, 7) is 2.48. The summed E-state index contributed by atoms with van der Waals surface area (Å²) in [5.74, 6) is 0.197. The van der Waals surface area contributed by atoms with Gasteiger partial charge in [-0.05, 0) is 38.4 Å². The molecular weight excluding hydrogens is 258 g/mol. The van der Waals surface area contributed by atoms with E-state index in [-0.39, 0.29) is 5.91 Å². The second-order valence-electron chi connectivity index (χ2n) is 5.90. The third-order valence-electron chi connectivity index (χ3n) is 4.32. The number of nitrogens with two attached hydrogens (primary N) is 1. The van der Waals surface area contributed by atoms with Crippen molar-refractivity contribution in [2.75, 3.05) is 25.9 Å². The van der Waals surface area contributed by atoms with Crippen molar-refractivity contribution in [3.8, 4) is 0 Å². The van der Waals surface area contributed by atoms with Gasteiger partial charge in [0, 0.05) is 30.4 Å². The maximum atomic E-state index is 12.1. The van der Waals surface area contributed by atoms with Crippen molar-refractivity contribution < 1.29 is 4.79 Å². The quantitative estimate of drug-likeness (QED) is 0.815. The molecule has 1 aliphatic heterocycles. The van der Waals surface area contributed by atoms with E-state index in [9.17, 15) is 4.79 Å². The molecule has 1 saturated heterocycles. The van der Waals surface area contributed by atoms with Crippen LogP contribution in [0.4, 0.5) is 0 Å². The average Bonchev–Trinajstić information content (AvgIpc) is 2.41. The highest BCUT2D eigenvalue weighted by Gasteiger charge is 2.24. The number of carbonyl (C=O) groups excluding carboxylic acids is 1. The first-order valence-corrected chi connectivity index (χ1v) is 8.76. The van der Waals surface area contributed by atoms with Crippen LogP contribution in [0.15, 0.2) is 0 Å². The lowest BCUT2D eigenvalue weighted by atomic mass is 9.95. The zero-order chi connectivity index (χ0) is 13.7. The van der Waals surface area contributed by atoms with Gasteiger partial charge in [0.25, 0.3) is 0 Å². The Labute approximate surface area is 120 Å². The summed E-state index contributed by atoms with van der Waals surface area (Å²) in [6.07, 6.45) is 9.04. The van der Waals surface area contributed by atoms with Gasteiger partial charge in [0.2, 0.25) is 5.91 Å². The van der Waals surface area contributed by atoms with E-state index in [0.717, 1.165) is 44.0 Å². The van der Waals surface area contributed by atoms with E-state index in [2.05, 4.69) is 16.5 Å². The predicted octanol–water partition coefficient (Wildman–Crippen LogP) is 1.20. The van der Waals surface area contributed by atoms with Crippen molar-refractivity contribution in [3.63, 3.8) is 0 Å². The van der Waals surface area contributed by atoms with Gasteiger partial charge in [-0.25, -0.2) is 0 Å². The molecule has 1 aliphatic carbocycles. The number of nitrogens with one attached hydrogen (secondary N) is 1. The number of rotatable bonds is 4. The maximum absolute atomic E-state index is 12.1. The summed E-state index contributed by atoms with van der Waals surface area (Å²) >= 11 is 1.94. The molecule has 0 aromatic carbocycles. The molecule has 3 N–H and O–H groups in total. The molecular formula is C14H27N3OS. The third-order valence-corrected chi connectivity index (χ3v) is 5.42. The van der Waals surface area contributed by atoms with Crippen LogP contribution in [0.1, 0.15) is 38.5 Å². The Morgan fingerprint density at radius 1 is 1.32 bits per heavy atom. The number of likely N-dealkylation sites (tertiary alicyclic amines) is 1. The summed E-state index contributed by atoms with van der Waals surface area (Å²) in [5.41, 5.74) is 5.88. The van der Waals surface area contributed by atoms with Gasteiger partial charge in [0.05, 0.1) is 6.54 Å². The SMILES string of the molecule is CSC1CCCC(NC(=O)CN2CCC(N)CC2)C1. The van der Waals surface area contributed by atoms with Crippen LogP contribution in [0.25, 0.3) is 0 Å². The Morgan fingerprint density at radius 2 is 2.05 bits per heavy atom. The largest absolute Gasteiger partial charge is 0.352 e. The van der Waals surface area contributed by atoms with Crippen molar-refractivity contribution in [1.82, 2.24) is 10.2 Å². The van der Waals surface area contributed by atoms with Crippen LogP contribution in [-0.2, 0) is 4.79 Å². The first-order chi connectivity index (χ1) is 9.17. The van der Waals surface area contributed by atoms with Gasteiger partial charge >= 0.3 is 0 Å². The summed E-state index contributed by atoms with van der Waals surface area (Å²) in [6, 6.07) is 0.728. The van der Waals surface area contributed by atoms with Gasteiger partial charge in [-0.3, -0.25) is 9.69 Å². The molecule has 1 amide bonds. The topological polar surface area (TPSA) is 58.4 Å². The lowest BCUT2D eigenvalue weighted by molar-refractivity contribution is -0.123. The number of hydrogen-bond donors (Lipinski definition) is 2. The number of piperidine rings is 1. The van der Waals surface area contributed by atoms with Crippen LogP contribution in [-0.4, -0.2) is 54.0 Å². The van der Waals surface area contributed by atoms with Crippen molar-refractivity contribution in [2.24, 2.45) is 5.73 Å². The number of amides is 1. The van der Waals surface area contributed by atoms with E-state index < -0.39 is 0 Å². The molecule has 19 heavy (non-hydrogen) atoms. The molecule has 0 aromatic heterocycles. The maximum Gasteiger partial charge on any atom is 0.234 e. The molecule has 0 aromatic rings. The average molecular weight is 285 g/mol. The van der Waals surface area contributed by atoms with E-state index >= 15 is 0 Å². The summed E-state index contributed by atoms with van der Waals surface area (Å²) < 4.78 is 0. The molecule has 0 spiro atoms. The highest BCUT2D eigenvalue weighted by molar-refractivity contribution is 7.99. The van der Waals surface area contributed by atoms with Crippen LogP contribution in [0.3, 0.4) is 0 Å². The zero-order valence-corrected chi connectivity index (χ0v) is 12.8. The van der Waals surface area contributed by atoms with E-state index in [0.29, 0.717) is 18.6 Å². The Morgan fingerprint density at radius 3 is 2.74 bits per heavy atom. The highest BCUT2D eigenvalue weighted by atomic mass is 32.2. The second kappa shape index (κ2) is 7.50. The Hall–Kier alpha value is -0.260. The van der Waals surface area contributed by atoms with Gasteiger partial charge in [0.15, 0.2) is 0 Å². The first kappa shape index (κ1) is 15.1. The van der Waals surface area contributed by atoms with E-state index in [1.54, 1.807) is 0 Å². The smallest absolute Gasteiger partial charge is 0.234 e. The predicted molar refractivity (Wildman–Crippen MR) is 81.4 cm³/mol. The lowest BCUT2D eigenvalue weighted by Gasteiger charge is -2.32. The summed E-state index contributed by atoms with van der Waals surface area (Å²) in [4.78, 5) is 14.3. The molecule has 1 heterocycles. The Bertz CT molecular complexity index is 292. The third kappa shape index (κ3) is 4.97. The normalized spacial score (nSPS) is 30.2. The minimum Gasteiger partial charge on any atom is -0.352 e. The zero-order valence-electron chi connectivity index (χ0n) is 11.9. The molecule has 2 aliphatic rings. The van der Waals surface area contributed by atoms with Crippen LogP contribution in [0.2, 0.25) is 0 Å². The molecule has 5 heteroatoms. The monoisotopic (exact) mass is 285 g/mol. The fraction of sp³-hybridized carbons (Fsp3) is 0.929. The van der Waals surface area contributed by atoms with Crippen molar-refractivity contribution >= 4 is 17.7 Å². The standard InChI is InChI=1S/C14H27N3OS/c1-19-13-4-2-3-12(9-13)16-14(18)10-17-7-5-11(15)6-8-17/h11-13H,2-10,15H2,1H3,(H,16,18). The number of thioether (sulfide) groups is 1. The molecule has 1 saturated carbocycles. The fourth-order valence-electron chi connectivity index (χ4n) is 3.08. The van der Waals surface area contributed by atoms with Crippen LogP contribution in [0, 0.1) is 0 Å². The van der Waals surface area contributed by atoms with E-state index in [4.69, 9.17) is 5.73 Å². The summed E-state index contributed by atoms with van der Waals surface area (Å²) in [5, 5.41) is 3.95. The number of carbonyl (C=O) groups is 1. The van der Waals surface area contributed by atoms with Crippen molar-refractivity contribution in [3.05, 3.63) is 0 Å². The summed E-state index contributed by atoms with van der Waals surface area (Å²) in [7, 11) is 0. The molecule has 2 rings (SSSR count). The van der Waals surface area contributed by atoms with Crippen LogP contribution < -0.4 is 11.1 Å². The molecule has 0 radical (unpaired) electrons. The minimum atomic E-state index is 0.197. The molecule has 4 nitrogen and oxygen atoms in total. The van der Waals surface area contributed by atoms with Crippen molar-refractivity contribution in [2.45, 2.75) is 55.9 Å². The van der Waals surface area contributed by atoms with Gasteiger partial charge in [0.1, 0.15) is 0 Å². The number of hydrogen-bond acceptors (Lipinski definition) is 4. The van der Waals surface area contributed by atoms with Gasteiger partial charge in [-0.1, -0.05) is 6.42 Å². The molecule has 2 unspecified atom stereocenters. The Balaban J connectivity index is 1.69. The van der Waals surface area contributed by atoms with Gasteiger partial charge in [-0.15, -0.1) is 0 Å². The van der Waals surface area contributed by atoms with E-state index in [1.165, 1.54) is 12.8 Å². The molecule has 110 valence electrons.